The van der Waals surface area contributed by atoms with Gasteiger partial charge in [0.15, 0.2) is 0 Å². The van der Waals surface area contributed by atoms with Gasteiger partial charge in [-0.2, -0.15) is 0 Å². The van der Waals surface area contributed by atoms with Crippen LogP contribution in [0.3, 0.4) is 0 Å². The third kappa shape index (κ3) is 3.51. The highest BCUT2D eigenvalue weighted by Gasteiger charge is 2.11. The standard InChI is InChI=1S/C11H14FNO3/c1-2-16-6-5-13-11(15)9-4-3-8(14)7-10(9)12/h3-4,7,14H,2,5-6H2,1H3,(H,13,15). The zero-order valence-corrected chi connectivity index (χ0v) is 9.00. The van der Waals surface area contributed by atoms with E-state index >= 15 is 0 Å². The van der Waals surface area contributed by atoms with Crippen molar-refractivity contribution in [2.24, 2.45) is 0 Å². The summed E-state index contributed by atoms with van der Waals surface area (Å²) in [6.45, 7) is 3.14. The van der Waals surface area contributed by atoms with Crippen molar-refractivity contribution < 1.29 is 19.0 Å². The zero-order valence-electron chi connectivity index (χ0n) is 9.00. The summed E-state index contributed by atoms with van der Waals surface area (Å²) in [4.78, 5) is 11.5. The van der Waals surface area contributed by atoms with Gasteiger partial charge >= 0.3 is 0 Å². The Balaban J connectivity index is 2.53. The molecule has 16 heavy (non-hydrogen) atoms. The van der Waals surface area contributed by atoms with Gasteiger partial charge in [-0.1, -0.05) is 0 Å². The highest BCUT2D eigenvalue weighted by molar-refractivity contribution is 5.94. The van der Waals surface area contributed by atoms with Gasteiger partial charge in [0.1, 0.15) is 11.6 Å². The minimum atomic E-state index is -0.742. The molecule has 0 saturated heterocycles. The minimum Gasteiger partial charge on any atom is -0.508 e. The Labute approximate surface area is 93.0 Å². The van der Waals surface area contributed by atoms with Gasteiger partial charge in [-0.25, -0.2) is 4.39 Å². The van der Waals surface area contributed by atoms with Gasteiger partial charge in [-0.3, -0.25) is 4.79 Å². The number of carbonyl (C=O) groups is 1. The second-order valence-corrected chi connectivity index (χ2v) is 3.12. The number of ether oxygens (including phenoxy) is 1. The topological polar surface area (TPSA) is 58.6 Å². The number of aromatic hydroxyl groups is 1. The quantitative estimate of drug-likeness (QED) is 0.745. The van der Waals surface area contributed by atoms with Crippen molar-refractivity contribution in [3.8, 4) is 5.75 Å². The molecule has 5 heteroatoms. The number of carbonyl (C=O) groups excluding carboxylic acids is 1. The predicted molar refractivity (Wildman–Crippen MR) is 56.9 cm³/mol. The molecule has 1 aromatic rings. The van der Waals surface area contributed by atoms with Crippen LogP contribution in [-0.4, -0.2) is 30.8 Å². The number of hydrogen-bond donors (Lipinski definition) is 2. The van der Waals surface area contributed by atoms with Gasteiger partial charge in [0.25, 0.3) is 5.91 Å². The van der Waals surface area contributed by atoms with Crippen LogP contribution in [-0.2, 0) is 4.74 Å². The van der Waals surface area contributed by atoms with Crippen molar-refractivity contribution in [1.82, 2.24) is 5.32 Å². The summed E-state index contributed by atoms with van der Waals surface area (Å²) < 4.78 is 18.2. The highest BCUT2D eigenvalue weighted by atomic mass is 19.1. The zero-order chi connectivity index (χ0) is 12.0. The molecular weight excluding hydrogens is 213 g/mol. The van der Waals surface area contributed by atoms with E-state index in [1.165, 1.54) is 12.1 Å². The average molecular weight is 227 g/mol. The molecule has 0 heterocycles. The Morgan fingerprint density at radius 3 is 2.94 bits per heavy atom. The van der Waals surface area contributed by atoms with Gasteiger partial charge in [0, 0.05) is 19.2 Å². The summed E-state index contributed by atoms with van der Waals surface area (Å²) in [5.74, 6) is -1.46. The van der Waals surface area contributed by atoms with Crippen LogP contribution >= 0.6 is 0 Å². The van der Waals surface area contributed by atoms with Gasteiger partial charge in [0.05, 0.1) is 12.2 Å². The van der Waals surface area contributed by atoms with Crippen LogP contribution in [0.15, 0.2) is 18.2 Å². The van der Waals surface area contributed by atoms with Crippen LogP contribution in [0.1, 0.15) is 17.3 Å². The summed E-state index contributed by atoms with van der Waals surface area (Å²) in [6, 6.07) is 3.40. The lowest BCUT2D eigenvalue weighted by atomic mass is 10.2. The van der Waals surface area contributed by atoms with E-state index in [0.717, 1.165) is 6.07 Å². The number of rotatable bonds is 5. The second kappa shape index (κ2) is 6.07. The molecule has 0 fully saturated rings. The van der Waals surface area contributed by atoms with Crippen molar-refractivity contribution in [3.63, 3.8) is 0 Å². The monoisotopic (exact) mass is 227 g/mol. The van der Waals surface area contributed by atoms with E-state index in [0.29, 0.717) is 19.8 Å². The third-order valence-corrected chi connectivity index (χ3v) is 1.93. The number of halogens is 1. The molecule has 4 nitrogen and oxygen atoms in total. The number of hydrogen-bond acceptors (Lipinski definition) is 3. The number of phenolic OH excluding ortho intramolecular Hbond substituents is 1. The fourth-order valence-electron chi connectivity index (χ4n) is 1.16. The minimum absolute atomic E-state index is 0.0886. The Morgan fingerprint density at radius 1 is 1.56 bits per heavy atom. The lowest BCUT2D eigenvalue weighted by Crippen LogP contribution is -2.27. The van der Waals surface area contributed by atoms with Gasteiger partial charge in [-0.15, -0.1) is 0 Å². The molecule has 0 atom stereocenters. The van der Waals surface area contributed by atoms with Crippen LogP contribution in [0, 0.1) is 5.82 Å². The Bertz CT molecular complexity index is 368. The largest absolute Gasteiger partial charge is 0.508 e. The van der Waals surface area contributed by atoms with Gasteiger partial charge in [-0.05, 0) is 19.1 Å². The first kappa shape index (κ1) is 12.4. The third-order valence-electron chi connectivity index (χ3n) is 1.93. The molecule has 1 amide bonds. The van der Waals surface area contributed by atoms with E-state index in [4.69, 9.17) is 9.84 Å². The smallest absolute Gasteiger partial charge is 0.254 e. The van der Waals surface area contributed by atoms with Crippen molar-refractivity contribution in [3.05, 3.63) is 29.6 Å². The molecule has 2 N–H and O–H groups in total. The van der Waals surface area contributed by atoms with Crippen molar-refractivity contribution in [2.75, 3.05) is 19.8 Å². The molecule has 0 aliphatic heterocycles. The van der Waals surface area contributed by atoms with Crippen LogP contribution in [0.4, 0.5) is 4.39 Å². The summed E-state index contributed by atoms with van der Waals surface area (Å²) >= 11 is 0. The molecule has 1 rings (SSSR count). The fourth-order valence-corrected chi connectivity index (χ4v) is 1.16. The van der Waals surface area contributed by atoms with Crippen molar-refractivity contribution >= 4 is 5.91 Å². The van der Waals surface area contributed by atoms with E-state index in [1.54, 1.807) is 0 Å². The normalized spacial score (nSPS) is 10.1. The van der Waals surface area contributed by atoms with Crippen LogP contribution in [0.25, 0.3) is 0 Å². The number of phenols is 1. The predicted octanol–water partition coefficient (Wildman–Crippen LogP) is 1.30. The lowest BCUT2D eigenvalue weighted by Gasteiger charge is -2.06. The molecule has 0 aliphatic carbocycles. The Hall–Kier alpha value is -1.62. The fraction of sp³-hybridized carbons (Fsp3) is 0.364. The molecule has 0 bridgehead atoms. The summed E-state index contributed by atoms with van der Waals surface area (Å²) in [5.41, 5.74) is -0.0886. The average Bonchev–Trinajstić information content (AvgIpc) is 2.24. The molecule has 88 valence electrons. The molecule has 0 radical (unpaired) electrons. The van der Waals surface area contributed by atoms with Crippen LogP contribution in [0.5, 0.6) is 5.75 Å². The van der Waals surface area contributed by atoms with Gasteiger partial charge < -0.3 is 15.2 Å². The van der Waals surface area contributed by atoms with E-state index in [2.05, 4.69) is 5.32 Å². The molecule has 0 unspecified atom stereocenters. The van der Waals surface area contributed by atoms with Crippen LogP contribution < -0.4 is 5.32 Å². The van der Waals surface area contributed by atoms with Gasteiger partial charge in [0.2, 0.25) is 0 Å². The molecular formula is C11H14FNO3. The highest BCUT2D eigenvalue weighted by Crippen LogP contribution is 2.14. The first-order chi connectivity index (χ1) is 7.65. The molecule has 0 saturated carbocycles. The SMILES string of the molecule is CCOCCNC(=O)c1ccc(O)cc1F. The number of benzene rings is 1. The Kier molecular flexibility index (Phi) is 4.72. The van der Waals surface area contributed by atoms with E-state index in [1.807, 2.05) is 6.92 Å². The molecule has 1 aromatic carbocycles. The first-order valence-electron chi connectivity index (χ1n) is 4.99. The molecule has 0 aliphatic rings. The maximum Gasteiger partial charge on any atom is 0.254 e. The maximum atomic E-state index is 13.2. The summed E-state index contributed by atoms with van der Waals surface area (Å²) in [7, 11) is 0. The first-order valence-corrected chi connectivity index (χ1v) is 4.99. The lowest BCUT2D eigenvalue weighted by molar-refractivity contribution is 0.0918. The van der Waals surface area contributed by atoms with E-state index in [9.17, 15) is 9.18 Å². The number of amides is 1. The summed E-state index contributed by atoms with van der Waals surface area (Å²) in [5, 5.41) is 11.5. The molecule has 0 aromatic heterocycles. The molecule has 0 spiro atoms. The van der Waals surface area contributed by atoms with E-state index < -0.39 is 11.7 Å². The van der Waals surface area contributed by atoms with Crippen molar-refractivity contribution in [1.29, 1.82) is 0 Å². The maximum absolute atomic E-state index is 13.2. The van der Waals surface area contributed by atoms with E-state index in [-0.39, 0.29) is 11.3 Å². The summed E-state index contributed by atoms with van der Waals surface area (Å²) in [6.07, 6.45) is 0. The second-order valence-electron chi connectivity index (χ2n) is 3.12. The number of nitrogens with one attached hydrogen (secondary N) is 1. The van der Waals surface area contributed by atoms with Crippen LogP contribution in [0.2, 0.25) is 0 Å². The Morgan fingerprint density at radius 2 is 2.31 bits per heavy atom. The van der Waals surface area contributed by atoms with Crippen molar-refractivity contribution in [2.45, 2.75) is 6.92 Å².